The predicted molar refractivity (Wildman–Crippen MR) is 62.5 cm³/mol. The first kappa shape index (κ1) is 15.9. The van der Waals surface area contributed by atoms with Gasteiger partial charge in [-0.1, -0.05) is 6.92 Å². The SMILES string of the molecule is CCCN(CC(=O)OC)S(=O)(=O)CCCC#N. The van der Waals surface area contributed by atoms with Gasteiger partial charge in [0.25, 0.3) is 0 Å². The number of carbonyl (C=O) groups excluding carboxylic acids is 1. The Bertz CT molecular complexity index is 372. The zero-order chi connectivity index (χ0) is 13.3. The molecule has 0 bridgehead atoms. The second-order valence-corrected chi connectivity index (χ2v) is 5.58. The molecule has 0 aromatic carbocycles. The van der Waals surface area contributed by atoms with Crippen LogP contribution in [0.3, 0.4) is 0 Å². The first-order valence-electron chi connectivity index (χ1n) is 5.39. The van der Waals surface area contributed by atoms with Gasteiger partial charge in [0, 0.05) is 13.0 Å². The van der Waals surface area contributed by atoms with Crippen LogP contribution in [-0.4, -0.2) is 44.6 Å². The molecule has 0 heterocycles. The first-order chi connectivity index (χ1) is 7.97. The topological polar surface area (TPSA) is 87.5 Å². The van der Waals surface area contributed by atoms with Crippen LogP contribution < -0.4 is 0 Å². The molecule has 0 aromatic heterocycles. The van der Waals surface area contributed by atoms with E-state index in [4.69, 9.17) is 5.26 Å². The summed E-state index contributed by atoms with van der Waals surface area (Å²) in [5.41, 5.74) is 0. The monoisotopic (exact) mass is 262 g/mol. The summed E-state index contributed by atoms with van der Waals surface area (Å²) in [7, 11) is -2.26. The second kappa shape index (κ2) is 8.03. The smallest absolute Gasteiger partial charge is 0.321 e. The Hall–Kier alpha value is -1.13. The third-order valence-electron chi connectivity index (χ3n) is 2.09. The summed E-state index contributed by atoms with van der Waals surface area (Å²) in [5, 5.41) is 8.36. The largest absolute Gasteiger partial charge is 0.468 e. The van der Waals surface area contributed by atoms with Crippen LogP contribution in [0.5, 0.6) is 0 Å². The number of ether oxygens (including phenoxy) is 1. The zero-order valence-corrected chi connectivity index (χ0v) is 11.0. The van der Waals surface area contributed by atoms with Crippen LogP contribution in [0.15, 0.2) is 0 Å². The molecule has 6 nitrogen and oxygen atoms in total. The molecule has 0 atom stereocenters. The Morgan fingerprint density at radius 3 is 2.59 bits per heavy atom. The number of esters is 1. The Labute approximate surface area is 102 Å². The van der Waals surface area contributed by atoms with Gasteiger partial charge in [0.15, 0.2) is 0 Å². The van der Waals surface area contributed by atoms with Crippen LogP contribution >= 0.6 is 0 Å². The van der Waals surface area contributed by atoms with Gasteiger partial charge >= 0.3 is 5.97 Å². The minimum Gasteiger partial charge on any atom is -0.468 e. The molecular weight excluding hydrogens is 244 g/mol. The molecule has 7 heteroatoms. The lowest BCUT2D eigenvalue weighted by atomic mass is 10.4. The maximum absolute atomic E-state index is 11.9. The van der Waals surface area contributed by atoms with E-state index >= 15 is 0 Å². The number of hydrogen-bond acceptors (Lipinski definition) is 5. The number of nitrogens with zero attached hydrogens (tertiary/aromatic N) is 2. The summed E-state index contributed by atoms with van der Waals surface area (Å²) >= 11 is 0. The highest BCUT2D eigenvalue weighted by Crippen LogP contribution is 2.06. The summed E-state index contributed by atoms with van der Waals surface area (Å²) in [4.78, 5) is 11.1. The van der Waals surface area contributed by atoms with Gasteiger partial charge in [-0.15, -0.1) is 0 Å². The van der Waals surface area contributed by atoms with Gasteiger partial charge in [0.2, 0.25) is 10.0 Å². The van der Waals surface area contributed by atoms with E-state index in [-0.39, 0.29) is 31.7 Å². The van der Waals surface area contributed by atoms with Gasteiger partial charge in [-0.05, 0) is 12.8 Å². The Balaban J connectivity index is 4.56. The fraction of sp³-hybridized carbons (Fsp3) is 0.800. The normalized spacial score (nSPS) is 11.2. The van der Waals surface area contributed by atoms with Crippen LogP contribution in [0.1, 0.15) is 26.2 Å². The molecule has 0 aliphatic carbocycles. The number of unbranched alkanes of at least 4 members (excludes halogenated alkanes) is 1. The first-order valence-corrected chi connectivity index (χ1v) is 7.00. The molecule has 0 unspecified atom stereocenters. The molecule has 0 N–H and O–H groups in total. The number of carbonyl (C=O) groups is 1. The minimum atomic E-state index is -3.48. The lowest BCUT2D eigenvalue weighted by Gasteiger charge is -2.19. The fourth-order valence-corrected chi connectivity index (χ4v) is 2.77. The summed E-state index contributed by atoms with van der Waals surface area (Å²) in [6.45, 7) is 1.85. The van der Waals surface area contributed by atoms with Crippen molar-refractivity contribution in [2.75, 3.05) is 26.0 Å². The molecule has 0 saturated heterocycles. The van der Waals surface area contributed by atoms with E-state index in [1.54, 1.807) is 0 Å². The molecule has 98 valence electrons. The molecule has 0 aromatic rings. The van der Waals surface area contributed by atoms with Gasteiger partial charge < -0.3 is 4.74 Å². The van der Waals surface area contributed by atoms with Gasteiger partial charge in [0.05, 0.1) is 18.9 Å². The standard InChI is InChI=1S/C10H18N2O4S/c1-3-7-12(9-10(13)16-2)17(14,15)8-5-4-6-11/h3-5,7-9H2,1-2H3. The van der Waals surface area contributed by atoms with Gasteiger partial charge in [0.1, 0.15) is 6.54 Å². The molecule has 0 fully saturated rings. The zero-order valence-electron chi connectivity index (χ0n) is 10.2. The number of hydrogen-bond donors (Lipinski definition) is 0. The lowest BCUT2D eigenvalue weighted by molar-refractivity contribution is -0.140. The van der Waals surface area contributed by atoms with E-state index in [2.05, 4.69) is 4.74 Å². The number of sulfonamides is 1. The number of methoxy groups -OCH3 is 1. The third-order valence-corrected chi connectivity index (χ3v) is 3.99. The Kier molecular flexibility index (Phi) is 7.50. The quantitative estimate of drug-likeness (QED) is 0.469. The van der Waals surface area contributed by atoms with Crippen molar-refractivity contribution in [2.24, 2.45) is 0 Å². The van der Waals surface area contributed by atoms with E-state index in [9.17, 15) is 13.2 Å². The summed E-state index contributed by atoms with van der Waals surface area (Å²) in [6, 6.07) is 1.89. The fourth-order valence-electron chi connectivity index (χ4n) is 1.24. The highest BCUT2D eigenvalue weighted by Gasteiger charge is 2.23. The predicted octanol–water partition coefficient (Wildman–Crippen LogP) is 0.505. The van der Waals surface area contributed by atoms with E-state index in [0.717, 1.165) is 4.31 Å². The van der Waals surface area contributed by atoms with Crippen molar-refractivity contribution >= 4 is 16.0 Å². The molecule has 0 saturated carbocycles. The molecule has 0 spiro atoms. The maximum Gasteiger partial charge on any atom is 0.321 e. The van der Waals surface area contributed by atoms with Crippen molar-refractivity contribution in [1.29, 1.82) is 5.26 Å². The van der Waals surface area contributed by atoms with Crippen LogP contribution in [0.2, 0.25) is 0 Å². The average molecular weight is 262 g/mol. The van der Waals surface area contributed by atoms with Crippen LogP contribution in [0.4, 0.5) is 0 Å². The minimum absolute atomic E-state index is 0.114. The van der Waals surface area contributed by atoms with Crippen LogP contribution in [0.25, 0.3) is 0 Å². The Morgan fingerprint density at radius 1 is 1.47 bits per heavy atom. The average Bonchev–Trinajstić information content (AvgIpc) is 2.28. The van der Waals surface area contributed by atoms with Crippen LogP contribution in [-0.2, 0) is 19.6 Å². The van der Waals surface area contributed by atoms with Gasteiger partial charge in [-0.2, -0.15) is 9.57 Å². The summed E-state index contributed by atoms with van der Waals surface area (Å²) < 4.78 is 29.3. The molecule has 17 heavy (non-hydrogen) atoms. The summed E-state index contributed by atoms with van der Waals surface area (Å²) in [5.74, 6) is -0.695. The van der Waals surface area contributed by atoms with Crippen molar-refractivity contribution in [2.45, 2.75) is 26.2 Å². The lowest BCUT2D eigenvalue weighted by Crippen LogP contribution is -2.38. The Morgan fingerprint density at radius 2 is 2.12 bits per heavy atom. The molecule has 0 amide bonds. The maximum atomic E-state index is 11.9. The van der Waals surface area contributed by atoms with Crippen LogP contribution in [0, 0.1) is 11.3 Å². The van der Waals surface area contributed by atoms with Crippen molar-refractivity contribution in [3.8, 4) is 6.07 Å². The number of nitriles is 1. The molecule has 0 radical (unpaired) electrons. The van der Waals surface area contributed by atoms with E-state index < -0.39 is 16.0 Å². The van der Waals surface area contributed by atoms with Crippen molar-refractivity contribution in [3.63, 3.8) is 0 Å². The molecule has 0 aliphatic rings. The number of rotatable bonds is 8. The highest BCUT2D eigenvalue weighted by atomic mass is 32.2. The van der Waals surface area contributed by atoms with Crippen molar-refractivity contribution in [1.82, 2.24) is 4.31 Å². The van der Waals surface area contributed by atoms with E-state index in [0.29, 0.717) is 6.42 Å². The van der Waals surface area contributed by atoms with Gasteiger partial charge in [-0.25, -0.2) is 8.42 Å². The van der Waals surface area contributed by atoms with E-state index in [1.807, 2.05) is 13.0 Å². The molecular formula is C10H18N2O4S. The van der Waals surface area contributed by atoms with E-state index in [1.165, 1.54) is 7.11 Å². The van der Waals surface area contributed by atoms with Crippen molar-refractivity contribution < 1.29 is 17.9 Å². The highest BCUT2D eigenvalue weighted by molar-refractivity contribution is 7.89. The molecule has 0 rings (SSSR count). The van der Waals surface area contributed by atoms with Gasteiger partial charge in [-0.3, -0.25) is 4.79 Å². The summed E-state index contributed by atoms with van der Waals surface area (Å²) in [6.07, 6.45) is 1.09. The van der Waals surface area contributed by atoms with Crippen molar-refractivity contribution in [3.05, 3.63) is 0 Å². The third kappa shape index (κ3) is 6.24. The molecule has 0 aliphatic heterocycles. The second-order valence-electron chi connectivity index (χ2n) is 3.49.